The van der Waals surface area contributed by atoms with E-state index in [1.165, 1.54) is 18.7 Å². The van der Waals surface area contributed by atoms with Crippen LogP contribution in [0.1, 0.15) is 91.9 Å². The van der Waals surface area contributed by atoms with E-state index in [0.29, 0.717) is 38.6 Å². The molecule has 10 amide bonds. The topological polar surface area (TPSA) is 392 Å². The van der Waals surface area contributed by atoms with E-state index < -0.39 is 133 Å². The molecule has 0 aliphatic carbocycles. The monoisotopic (exact) mass is 925 g/mol. The largest absolute Gasteiger partial charge is 0.480 e. The second-order valence-corrected chi connectivity index (χ2v) is 16.6. The van der Waals surface area contributed by atoms with E-state index in [1.54, 1.807) is 13.8 Å². The zero-order chi connectivity index (χ0) is 48.8. The van der Waals surface area contributed by atoms with Crippen LogP contribution < -0.4 is 59.3 Å². The summed E-state index contributed by atoms with van der Waals surface area (Å²) in [6.07, 6.45) is 1.79. The second-order valence-electron chi connectivity index (χ2n) is 16.6. The van der Waals surface area contributed by atoms with Crippen molar-refractivity contribution in [3.05, 3.63) is 0 Å². The molecule has 0 saturated carbocycles. The van der Waals surface area contributed by atoms with Crippen molar-refractivity contribution in [2.45, 2.75) is 140 Å². The number of carbonyl (C=O) groups excluding carboxylic acids is 10. The van der Waals surface area contributed by atoms with Gasteiger partial charge in [0.1, 0.15) is 36.3 Å². The number of carboxylic acid groups (broad SMARTS) is 1. The van der Waals surface area contributed by atoms with Crippen LogP contribution in [0.15, 0.2) is 0 Å². The summed E-state index contributed by atoms with van der Waals surface area (Å²) in [5.74, 6) is -8.58. The molecule has 0 spiro atoms. The molecule has 25 heteroatoms. The molecule has 0 aromatic heterocycles. The number of carbonyl (C=O) groups is 11. The Morgan fingerprint density at radius 2 is 1.28 bits per heavy atom. The van der Waals surface area contributed by atoms with Crippen LogP contribution in [0.5, 0.6) is 0 Å². The molecule has 8 atom stereocenters. The molecule has 0 radical (unpaired) electrons. The van der Waals surface area contributed by atoms with E-state index in [-0.39, 0.29) is 51.1 Å². The molecule has 2 fully saturated rings. The van der Waals surface area contributed by atoms with Crippen LogP contribution in [0.2, 0.25) is 0 Å². The maximum absolute atomic E-state index is 13.3. The summed E-state index contributed by atoms with van der Waals surface area (Å²) in [6, 6.07) is -7.74. The predicted molar refractivity (Wildman–Crippen MR) is 230 cm³/mol. The molecular weight excluding hydrogens is 857 g/mol. The predicted octanol–water partition coefficient (Wildman–Crippen LogP) is -5.57. The number of nitrogens with zero attached hydrogens (tertiary/aromatic N) is 1. The van der Waals surface area contributed by atoms with Crippen molar-refractivity contribution in [2.75, 3.05) is 39.3 Å². The average Bonchev–Trinajstić information content (AvgIpc) is 3.70. The van der Waals surface area contributed by atoms with Gasteiger partial charge in [-0.05, 0) is 84.1 Å². The minimum absolute atomic E-state index is 0.123. The van der Waals surface area contributed by atoms with Gasteiger partial charge in [0.2, 0.25) is 59.1 Å². The molecule has 0 unspecified atom stereocenters. The van der Waals surface area contributed by atoms with Crippen LogP contribution in [0, 0.1) is 5.92 Å². The summed E-state index contributed by atoms with van der Waals surface area (Å²) in [7, 11) is 0. The van der Waals surface area contributed by atoms with E-state index in [1.807, 2.05) is 0 Å². The van der Waals surface area contributed by atoms with Gasteiger partial charge in [0.25, 0.3) is 0 Å². The Hall–Kier alpha value is -5.95. The normalized spacial score (nSPS) is 19.2. The minimum atomic E-state index is -1.34. The third-order valence-corrected chi connectivity index (χ3v) is 10.6. The van der Waals surface area contributed by atoms with Crippen LogP contribution in [0.25, 0.3) is 0 Å². The van der Waals surface area contributed by atoms with Gasteiger partial charge in [-0.2, -0.15) is 0 Å². The lowest BCUT2D eigenvalue weighted by Crippen LogP contribution is -2.57. The molecule has 2 heterocycles. The Balaban J connectivity index is 1.90. The van der Waals surface area contributed by atoms with E-state index >= 15 is 0 Å². The molecule has 2 aliphatic rings. The highest BCUT2D eigenvalue weighted by Crippen LogP contribution is 2.18. The maximum atomic E-state index is 13.3. The number of nitrogens with one attached hydrogen (secondary N) is 9. The van der Waals surface area contributed by atoms with Gasteiger partial charge in [-0.25, -0.2) is 4.79 Å². The van der Waals surface area contributed by atoms with Gasteiger partial charge in [0, 0.05) is 19.5 Å². The molecule has 65 heavy (non-hydrogen) atoms. The number of carboxylic acids is 1. The molecule has 2 saturated heterocycles. The summed E-state index contributed by atoms with van der Waals surface area (Å²) in [5, 5.41) is 41.5. The fourth-order valence-corrected chi connectivity index (χ4v) is 6.97. The van der Waals surface area contributed by atoms with Crippen molar-refractivity contribution < 1.29 is 63.0 Å². The van der Waals surface area contributed by atoms with Crippen molar-refractivity contribution in [1.29, 1.82) is 0 Å². The van der Waals surface area contributed by atoms with Crippen LogP contribution in [0.3, 0.4) is 0 Å². The number of amides is 10. The first-order chi connectivity index (χ1) is 30.6. The summed E-state index contributed by atoms with van der Waals surface area (Å²) in [6.45, 7) is 5.35. The van der Waals surface area contributed by atoms with Crippen molar-refractivity contribution in [3.8, 4) is 0 Å². The lowest BCUT2D eigenvalue weighted by atomic mass is 10.00. The number of hydrogen-bond acceptors (Lipinski definition) is 14. The summed E-state index contributed by atoms with van der Waals surface area (Å²) < 4.78 is 0. The summed E-state index contributed by atoms with van der Waals surface area (Å²) >= 11 is 0. The Kier molecular flexibility index (Phi) is 23.8. The fraction of sp³-hybridized carbons (Fsp3) is 0.725. The number of hydrogen-bond donors (Lipinski definition) is 13. The average molecular weight is 925 g/mol. The highest BCUT2D eigenvalue weighted by Gasteiger charge is 2.35. The number of aliphatic hydroxyl groups is 1. The number of nitrogens with two attached hydrogens (primary N) is 2. The van der Waals surface area contributed by atoms with E-state index in [2.05, 4.69) is 47.9 Å². The van der Waals surface area contributed by atoms with Crippen LogP contribution >= 0.6 is 0 Å². The highest BCUT2D eigenvalue weighted by molar-refractivity contribution is 5.97. The van der Waals surface area contributed by atoms with Crippen molar-refractivity contribution in [3.63, 3.8) is 0 Å². The van der Waals surface area contributed by atoms with E-state index in [0.717, 1.165) is 0 Å². The molecule has 0 aromatic carbocycles. The first-order valence-corrected chi connectivity index (χ1v) is 21.9. The van der Waals surface area contributed by atoms with Crippen molar-refractivity contribution in [1.82, 2.24) is 52.8 Å². The number of rotatable bonds is 27. The van der Waals surface area contributed by atoms with Gasteiger partial charge >= 0.3 is 5.97 Å². The number of unbranched alkanes of at least 4 members (excludes halogenated alkanes) is 1. The molecule has 0 aromatic rings. The lowest BCUT2D eigenvalue weighted by Gasteiger charge is -2.35. The Bertz CT molecular complexity index is 1720. The molecule has 25 nitrogen and oxygen atoms in total. The standard InChI is InChI=1S/C40H68N12O13/c1-21(2)15-28(38(62)48-23(4)35(59)46-20-33(57)52-14-8-6-10-29(52)39(63)51-26(40(64)65)9-5-7-13-41)50-32(56)18-44-34(58)22(3)47-37(61)25(11-12-30(42)54)49-31(55)19-45-36(60)27-16-24(53)17-43-27/h21-29,43,53H,5-20,41H2,1-4H3,(H2,42,54)(H,44,58)(H,45,60)(H,46,59)(H,47,61)(H,48,62)(H,49,55)(H,50,56)(H,51,63)(H,64,65)/t22-,23-,24+,25-,26-,27-,28-,29-/m0/s1. The molecule has 15 N–H and O–H groups in total. The van der Waals surface area contributed by atoms with Crippen molar-refractivity contribution >= 4 is 65.0 Å². The number of likely N-dealkylation sites (tertiary alicyclic amines) is 1. The maximum Gasteiger partial charge on any atom is 0.326 e. The number of primary amides is 1. The third kappa shape index (κ3) is 20.2. The third-order valence-electron chi connectivity index (χ3n) is 10.6. The summed E-state index contributed by atoms with van der Waals surface area (Å²) in [4.78, 5) is 141. The smallest absolute Gasteiger partial charge is 0.326 e. The molecule has 0 bridgehead atoms. The highest BCUT2D eigenvalue weighted by atomic mass is 16.4. The second kappa shape index (κ2) is 28.1. The minimum Gasteiger partial charge on any atom is -0.480 e. The van der Waals surface area contributed by atoms with Gasteiger partial charge in [-0.1, -0.05) is 13.8 Å². The lowest BCUT2D eigenvalue weighted by molar-refractivity contribution is -0.146. The van der Waals surface area contributed by atoms with E-state index in [4.69, 9.17) is 11.5 Å². The zero-order valence-electron chi connectivity index (χ0n) is 37.5. The molecule has 2 rings (SSSR count). The number of piperidine rings is 1. The number of aliphatic hydroxyl groups excluding tert-OH is 1. The Morgan fingerprint density at radius 3 is 1.83 bits per heavy atom. The van der Waals surface area contributed by atoms with Gasteiger partial charge in [-0.15, -0.1) is 0 Å². The fourth-order valence-electron chi connectivity index (χ4n) is 6.97. The van der Waals surface area contributed by atoms with Gasteiger partial charge in [0.05, 0.1) is 31.8 Å². The van der Waals surface area contributed by atoms with Crippen molar-refractivity contribution in [2.24, 2.45) is 17.4 Å². The first-order valence-electron chi connectivity index (χ1n) is 21.9. The molecular formula is C40H68N12O13. The van der Waals surface area contributed by atoms with Crippen LogP contribution in [-0.2, 0) is 52.7 Å². The first kappa shape index (κ1) is 55.2. The Morgan fingerprint density at radius 1 is 0.692 bits per heavy atom. The number of aliphatic carboxylic acids is 1. The molecule has 2 aliphatic heterocycles. The van der Waals surface area contributed by atoms with E-state index in [9.17, 15) is 63.0 Å². The van der Waals surface area contributed by atoms with Gasteiger partial charge in [0.15, 0.2) is 0 Å². The Labute approximate surface area is 377 Å². The zero-order valence-corrected chi connectivity index (χ0v) is 37.5. The van der Waals surface area contributed by atoms with Crippen LogP contribution in [-0.4, -0.2) is 168 Å². The summed E-state index contributed by atoms with van der Waals surface area (Å²) in [5.41, 5.74) is 10.7. The molecule has 366 valence electrons. The SMILES string of the molecule is CC(C)C[C@H](NC(=O)CNC(=O)[C@H](C)NC(=O)[C@H](CCC(N)=O)NC(=O)CNC(=O)[C@@H]1C[C@@H](O)CN1)C(=O)N[C@@H](C)C(=O)NCC(=O)N1CCCC[C@H]1C(=O)N[C@@H](CCCCN)C(=O)O. The number of β-amino-alcohol motifs (C(OH)–C–C–N with tert-alkyl or cyclic N) is 1. The van der Waals surface area contributed by atoms with Crippen LogP contribution in [0.4, 0.5) is 0 Å². The van der Waals surface area contributed by atoms with Gasteiger partial charge in [-0.3, -0.25) is 47.9 Å². The quantitative estimate of drug-likeness (QED) is 0.0342. The van der Waals surface area contributed by atoms with Gasteiger partial charge < -0.3 is 74.4 Å².